The summed E-state index contributed by atoms with van der Waals surface area (Å²) in [5.41, 5.74) is -7.34. The molecule has 9 saturated heterocycles. The predicted molar refractivity (Wildman–Crippen MR) is 201 cm³/mol. The van der Waals surface area contributed by atoms with E-state index in [4.69, 9.17) is 0 Å². The smallest absolute Gasteiger partial charge is 0.294 e. The van der Waals surface area contributed by atoms with Crippen LogP contribution < -0.4 is 50.9 Å². The zero-order chi connectivity index (χ0) is 42.2. The summed E-state index contributed by atoms with van der Waals surface area (Å²) in [5.74, 6) is 0. The molecule has 0 spiro atoms. The van der Waals surface area contributed by atoms with Gasteiger partial charge in [0.05, 0.1) is 39.1 Å². The van der Waals surface area contributed by atoms with Crippen LogP contribution in [-0.4, -0.2) is 203 Å². The lowest BCUT2D eigenvalue weighted by atomic mass is 9.73. The van der Waals surface area contributed by atoms with Crippen LogP contribution in [0.4, 0.5) is 0 Å². The van der Waals surface area contributed by atoms with Crippen molar-refractivity contribution in [2.45, 2.75) is 104 Å². The van der Waals surface area contributed by atoms with E-state index >= 15 is 0 Å². The molecule has 9 heterocycles. The Balaban J connectivity index is 0.000000194. The van der Waals surface area contributed by atoms with Gasteiger partial charge in [-0.05, 0) is 0 Å². The number of piperidine rings is 3. The second-order valence-electron chi connectivity index (χ2n) is 18.5. The molecule has 24 nitrogen and oxygen atoms in total. The summed E-state index contributed by atoms with van der Waals surface area (Å²) in [4.78, 5) is 65.7. The zero-order valence-electron chi connectivity index (χ0n) is 31.7. The lowest BCUT2D eigenvalue weighted by Crippen LogP contribution is -3.00. The van der Waals surface area contributed by atoms with Crippen LogP contribution in [0.5, 0.6) is 0 Å². The Morgan fingerprint density at radius 1 is 0.433 bits per heavy atom. The molecule has 3 N–H and O–H groups in total. The average Bonchev–Trinajstić information content (AvgIpc) is 3.77. The molecule has 0 radical (unpaired) electrons. The third-order valence-electron chi connectivity index (χ3n) is 15.8. The summed E-state index contributed by atoms with van der Waals surface area (Å²) in [6.45, 7) is 2.57. The normalized spacial score (nSPS) is 48.1. The van der Waals surface area contributed by atoms with Gasteiger partial charge in [-0.15, -0.1) is 0 Å². The average molecular weight is 1250 g/mol. The van der Waals surface area contributed by atoms with Crippen molar-refractivity contribution in [3.8, 4) is 0 Å². The van der Waals surface area contributed by atoms with Gasteiger partial charge < -0.3 is 79.7 Å². The van der Waals surface area contributed by atoms with E-state index in [1.54, 1.807) is 0 Å². The van der Waals surface area contributed by atoms with E-state index < -0.39 is 33.2 Å². The van der Waals surface area contributed by atoms with Crippen molar-refractivity contribution in [3.05, 3.63) is 60.7 Å². The van der Waals surface area contributed by atoms with Gasteiger partial charge >= 0.3 is 0 Å². The molecule has 12 aliphatic rings. The first kappa shape index (κ1) is 51.7. The molecular formula is C30H45Br6N9O15. The van der Waals surface area contributed by atoms with Crippen molar-refractivity contribution < 1.29 is 109 Å². The molecule has 15 atom stereocenters. The number of alkyl halides is 3. The number of rotatable bonds is 12. The van der Waals surface area contributed by atoms with Crippen LogP contribution in [0, 0.1) is 60.7 Å². The topological polar surface area (TPSA) is 320 Å². The Kier molecular flexibility index (Phi) is 14.2. The van der Waals surface area contributed by atoms with E-state index in [2.05, 4.69) is 47.8 Å². The van der Waals surface area contributed by atoms with Gasteiger partial charge in [0.15, 0.2) is 39.3 Å². The molecule has 9 aliphatic heterocycles. The fraction of sp³-hybridized carbons (Fsp3) is 1.00. The maximum absolute atomic E-state index is 11.5. The summed E-state index contributed by atoms with van der Waals surface area (Å²) < 4.78 is 0.942. The molecular weight excluding hydrogens is 1210 g/mol. The van der Waals surface area contributed by atoms with Gasteiger partial charge in [-0.2, -0.15) is 0 Å². The van der Waals surface area contributed by atoms with E-state index in [0.29, 0.717) is 72.0 Å². The Labute approximate surface area is 398 Å². The van der Waals surface area contributed by atoms with Crippen LogP contribution in [0.1, 0.15) is 38.5 Å². The maximum Gasteiger partial charge on any atom is 0.294 e. The summed E-state index contributed by atoms with van der Waals surface area (Å²) in [6, 6.07) is -0.426. The first-order valence-corrected chi connectivity index (χ1v) is 21.4. The third-order valence-corrected chi connectivity index (χ3v) is 20.2. The largest absolute Gasteiger partial charge is 1.00 e. The van der Waals surface area contributed by atoms with Gasteiger partial charge in [0.25, 0.3) is 33.2 Å². The molecule has 342 valence electrons. The second kappa shape index (κ2) is 16.5. The number of aliphatic hydroxyl groups excluding tert-OH is 3. The number of nitro groups is 6. The molecule has 0 aromatic rings. The summed E-state index contributed by atoms with van der Waals surface area (Å²) in [5, 5.41) is 96.4. The molecule has 3 saturated carbocycles. The van der Waals surface area contributed by atoms with Gasteiger partial charge in [-0.1, -0.05) is 47.8 Å². The van der Waals surface area contributed by atoms with Gasteiger partial charge in [0.1, 0.15) is 71.5 Å². The monoisotopic (exact) mass is 1240 g/mol. The van der Waals surface area contributed by atoms with E-state index in [9.17, 15) is 76.0 Å². The molecule has 0 aromatic carbocycles. The molecule has 12 rings (SSSR count). The van der Waals surface area contributed by atoms with Crippen LogP contribution in [0.15, 0.2) is 0 Å². The van der Waals surface area contributed by atoms with Crippen molar-refractivity contribution in [2.24, 2.45) is 0 Å². The van der Waals surface area contributed by atoms with E-state index in [1.807, 2.05) is 0 Å². The van der Waals surface area contributed by atoms with Crippen LogP contribution in [0.3, 0.4) is 0 Å². The van der Waals surface area contributed by atoms with Crippen molar-refractivity contribution in [1.82, 2.24) is 0 Å². The fourth-order valence-electron chi connectivity index (χ4n) is 14.1. The first-order valence-electron chi connectivity index (χ1n) is 18.7. The van der Waals surface area contributed by atoms with Crippen molar-refractivity contribution >= 4 is 47.8 Å². The highest BCUT2D eigenvalue weighted by Gasteiger charge is 2.87. The van der Waals surface area contributed by atoms with Crippen LogP contribution in [0.25, 0.3) is 0 Å². The maximum atomic E-state index is 11.5. The van der Waals surface area contributed by atoms with Crippen molar-refractivity contribution in [2.75, 3.05) is 78.7 Å². The number of hydrogen-bond acceptors (Lipinski definition) is 15. The Bertz CT molecular complexity index is 1640. The lowest BCUT2D eigenvalue weighted by molar-refractivity contribution is -0.945. The minimum Gasteiger partial charge on any atom is -1.00 e. The highest BCUT2D eigenvalue weighted by Crippen LogP contribution is 2.62. The fourth-order valence-corrected chi connectivity index (χ4v) is 17.6. The molecule has 12 bridgehead atoms. The number of hydrogen-bond donors (Lipinski definition) is 3. The number of nitrogens with zero attached hydrogens (tertiary/aromatic N) is 9. The molecule has 60 heavy (non-hydrogen) atoms. The summed E-state index contributed by atoms with van der Waals surface area (Å²) >= 11 is 10.3. The van der Waals surface area contributed by atoms with Crippen LogP contribution >= 0.6 is 47.8 Å². The quantitative estimate of drug-likeness (QED) is 0.0708. The molecule has 3 aliphatic carbocycles. The molecule has 0 amide bonds. The Morgan fingerprint density at radius 3 is 0.817 bits per heavy atom. The molecule has 15 unspecified atom stereocenters. The Hall–Kier alpha value is -0.960. The van der Waals surface area contributed by atoms with Gasteiger partial charge in [0, 0.05) is 29.5 Å². The first-order chi connectivity index (χ1) is 26.5. The van der Waals surface area contributed by atoms with E-state index in [0.717, 1.165) is 0 Å². The minimum absolute atomic E-state index is 0. The van der Waals surface area contributed by atoms with Gasteiger partial charge in [0.2, 0.25) is 0 Å². The van der Waals surface area contributed by atoms with Gasteiger partial charge in [-0.25, -0.2) is 0 Å². The SMILES string of the molecule is O=[N+]([O-])C12CC3C(Br)C([N+](=O)[O-])(C1)C[N+]3(CCO)C2.O=[N+]([O-])C12CC3C(Br)C([N+](=O)[O-])(C1)C[N+]3(CCO)C2.O=[N+]([O-])C12CC3C(Br)C([N+](=O)[O-])(C1)C[N+]3(CCO)C2.[Br-].[Br-].[Br-]. The standard InChI is InChI=1S/3C10H15BrN3O5.3BrH/c3*11-8-7-3-9(12(16)17)4-10(8,13(18)19)6-14(7,5-9)1-2-15;;;/h3*7-8,15H,1-6H2;3*1H/q3*+1;;;/p-3. The third kappa shape index (κ3) is 6.66. The van der Waals surface area contributed by atoms with Crippen molar-refractivity contribution in [1.29, 1.82) is 0 Å². The Morgan fingerprint density at radius 2 is 0.650 bits per heavy atom. The zero-order valence-corrected chi connectivity index (χ0v) is 41.2. The van der Waals surface area contributed by atoms with Crippen molar-refractivity contribution in [3.63, 3.8) is 0 Å². The van der Waals surface area contributed by atoms with Crippen LogP contribution in [-0.2, 0) is 0 Å². The summed E-state index contributed by atoms with van der Waals surface area (Å²) in [6.07, 6.45) is 1.09. The lowest BCUT2D eigenvalue weighted by Gasteiger charge is -2.38. The number of halogens is 6. The summed E-state index contributed by atoms with van der Waals surface area (Å²) in [7, 11) is 0. The number of aliphatic hydroxyl groups is 3. The molecule has 30 heteroatoms. The van der Waals surface area contributed by atoms with E-state index in [-0.39, 0.29) is 172 Å². The minimum atomic E-state index is -1.26. The highest BCUT2D eigenvalue weighted by molar-refractivity contribution is 9.10. The van der Waals surface area contributed by atoms with E-state index in [1.165, 1.54) is 0 Å². The predicted octanol–water partition coefficient (Wildman–Crippen LogP) is -9.65. The number of quaternary nitrogens is 3. The van der Waals surface area contributed by atoms with Gasteiger partial charge in [-0.3, -0.25) is 60.7 Å². The second-order valence-corrected chi connectivity index (χ2v) is 21.5. The molecule has 0 aromatic heterocycles. The highest BCUT2D eigenvalue weighted by atomic mass is 79.9. The molecule has 12 fully saturated rings. The van der Waals surface area contributed by atoms with Crippen LogP contribution in [0.2, 0.25) is 0 Å².